The first kappa shape index (κ1) is 24.7. The first-order valence-corrected chi connectivity index (χ1v) is 12.2. The number of ether oxygens (including phenoxy) is 1. The van der Waals surface area contributed by atoms with Gasteiger partial charge in [-0.15, -0.1) is 17.5 Å². The van der Waals surface area contributed by atoms with Gasteiger partial charge >= 0.3 is 0 Å². The summed E-state index contributed by atoms with van der Waals surface area (Å²) in [4.78, 5) is 0. The van der Waals surface area contributed by atoms with Crippen LogP contribution in [0.2, 0.25) is 0 Å². The summed E-state index contributed by atoms with van der Waals surface area (Å²) in [5, 5.41) is 18.9. The Morgan fingerprint density at radius 1 is 0.829 bits per heavy atom. The van der Waals surface area contributed by atoms with Crippen molar-refractivity contribution in [2.75, 3.05) is 12.3 Å². The fraction of sp³-hybridized carbons (Fsp3) is 0.148. The van der Waals surface area contributed by atoms with E-state index >= 15 is 0 Å². The predicted octanol–water partition coefficient (Wildman–Crippen LogP) is 5.70. The second-order valence-corrected chi connectivity index (χ2v) is 8.83. The fourth-order valence-electron chi connectivity index (χ4n) is 3.80. The summed E-state index contributed by atoms with van der Waals surface area (Å²) in [7, 11) is 0. The zero-order chi connectivity index (χ0) is 23.0. The highest BCUT2D eigenvalue weighted by Crippen LogP contribution is 2.29. The van der Waals surface area contributed by atoms with Crippen LogP contribution in [0.25, 0.3) is 16.5 Å². The molecule has 5 rings (SSSR count). The Kier molecular flexibility index (Phi) is 8.73. The molecule has 0 aliphatic rings. The molecule has 0 saturated carbocycles. The molecule has 6 nitrogen and oxygen atoms in total. The zero-order valence-electron chi connectivity index (χ0n) is 19.1. The highest BCUT2D eigenvalue weighted by atomic mass is 35.5. The third-order valence-corrected chi connectivity index (χ3v) is 6.41. The molecule has 0 atom stereocenters. The van der Waals surface area contributed by atoms with Gasteiger partial charge in [-0.1, -0.05) is 90.6 Å². The maximum Gasteiger partial charge on any atom is 0.214 e. The van der Waals surface area contributed by atoms with Gasteiger partial charge in [-0.3, -0.25) is 0 Å². The Morgan fingerprint density at radius 2 is 1.57 bits per heavy atom. The van der Waals surface area contributed by atoms with Crippen LogP contribution in [0, 0.1) is 0 Å². The number of para-hydroxylation sites is 1. The number of halogens is 1. The van der Waals surface area contributed by atoms with E-state index in [-0.39, 0.29) is 12.4 Å². The van der Waals surface area contributed by atoms with Crippen LogP contribution in [0.1, 0.15) is 11.1 Å². The summed E-state index contributed by atoms with van der Waals surface area (Å²) in [6.07, 6.45) is 0. The number of hydrogen-bond acceptors (Lipinski definition) is 6. The number of rotatable bonds is 10. The number of tetrazole rings is 1. The summed E-state index contributed by atoms with van der Waals surface area (Å²) in [5.41, 5.74) is 3.29. The van der Waals surface area contributed by atoms with Crippen molar-refractivity contribution in [2.24, 2.45) is 0 Å². The normalized spacial score (nSPS) is 10.7. The van der Waals surface area contributed by atoms with Crippen molar-refractivity contribution < 1.29 is 4.74 Å². The van der Waals surface area contributed by atoms with Crippen molar-refractivity contribution in [1.82, 2.24) is 25.5 Å². The minimum absolute atomic E-state index is 0. The molecule has 1 aromatic heterocycles. The summed E-state index contributed by atoms with van der Waals surface area (Å²) >= 11 is 1.63. The second kappa shape index (κ2) is 12.4. The Hall–Kier alpha value is -3.39. The number of benzene rings is 4. The van der Waals surface area contributed by atoms with E-state index in [9.17, 15) is 0 Å². The smallest absolute Gasteiger partial charge is 0.214 e. The van der Waals surface area contributed by atoms with E-state index in [1.54, 1.807) is 16.4 Å². The van der Waals surface area contributed by atoms with Crippen LogP contribution in [0.5, 0.6) is 5.75 Å². The van der Waals surface area contributed by atoms with E-state index in [1.807, 2.05) is 48.5 Å². The minimum Gasteiger partial charge on any atom is -0.489 e. The van der Waals surface area contributed by atoms with Crippen molar-refractivity contribution in [2.45, 2.75) is 18.3 Å². The van der Waals surface area contributed by atoms with Gasteiger partial charge in [-0.05, 0) is 45.0 Å². The van der Waals surface area contributed by atoms with Gasteiger partial charge < -0.3 is 10.1 Å². The molecule has 0 spiro atoms. The van der Waals surface area contributed by atoms with Crippen molar-refractivity contribution in [1.29, 1.82) is 0 Å². The van der Waals surface area contributed by atoms with Gasteiger partial charge in [0.25, 0.3) is 0 Å². The molecule has 1 N–H and O–H groups in total. The molecule has 0 amide bonds. The lowest BCUT2D eigenvalue weighted by Gasteiger charge is -2.15. The molecule has 0 bridgehead atoms. The van der Waals surface area contributed by atoms with E-state index in [1.165, 1.54) is 16.3 Å². The fourth-order valence-corrected chi connectivity index (χ4v) is 4.58. The van der Waals surface area contributed by atoms with Crippen molar-refractivity contribution in [3.8, 4) is 11.4 Å². The molecule has 8 heteroatoms. The first-order valence-electron chi connectivity index (χ1n) is 11.2. The van der Waals surface area contributed by atoms with Crippen LogP contribution < -0.4 is 10.1 Å². The van der Waals surface area contributed by atoms with Gasteiger partial charge in [0.1, 0.15) is 12.4 Å². The number of fused-ring (bicyclic) bond motifs is 1. The van der Waals surface area contributed by atoms with E-state index in [2.05, 4.69) is 69.4 Å². The van der Waals surface area contributed by atoms with Gasteiger partial charge in [0.2, 0.25) is 5.16 Å². The average molecular weight is 504 g/mol. The van der Waals surface area contributed by atoms with Crippen molar-refractivity contribution in [3.05, 3.63) is 108 Å². The van der Waals surface area contributed by atoms with Crippen molar-refractivity contribution >= 4 is 34.9 Å². The highest BCUT2D eigenvalue weighted by molar-refractivity contribution is 7.99. The molecule has 0 saturated heterocycles. The Balaban J connectivity index is 0.00000289. The van der Waals surface area contributed by atoms with Crippen LogP contribution in [0.3, 0.4) is 0 Å². The number of aromatic nitrogens is 4. The van der Waals surface area contributed by atoms with E-state index in [0.29, 0.717) is 6.61 Å². The van der Waals surface area contributed by atoms with Crippen LogP contribution in [-0.4, -0.2) is 32.5 Å². The molecule has 35 heavy (non-hydrogen) atoms. The lowest BCUT2D eigenvalue weighted by atomic mass is 10.0. The maximum atomic E-state index is 6.24. The monoisotopic (exact) mass is 503 g/mol. The number of thioether (sulfide) groups is 1. The Morgan fingerprint density at radius 3 is 2.40 bits per heavy atom. The van der Waals surface area contributed by atoms with Gasteiger partial charge in [-0.2, -0.15) is 4.68 Å². The predicted molar refractivity (Wildman–Crippen MR) is 144 cm³/mol. The van der Waals surface area contributed by atoms with Gasteiger partial charge in [0.15, 0.2) is 0 Å². The topological polar surface area (TPSA) is 64.9 Å². The van der Waals surface area contributed by atoms with Crippen LogP contribution in [0.15, 0.2) is 102 Å². The summed E-state index contributed by atoms with van der Waals surface area (Å²) in [5.74, 6) is 1.76. The molecule has 178 valence electrons. The molecule has 0 fully saturated rings. The number of nitrogens with one attached hydrogen (secondary N) is 1. The minimum atomic E-state index is 0. The summed E-state index contributed by atoms with van der Waals surface area (Å²) in [6, 6.07) is 32.8. The Labute approximate surface area is 215 Å². The third-order valence-electron chi connectivity index (χ3n) is 5.49. The largest absolute Gasteiger partial charge is 0.489 e. The molecule has 0 unspecified atom stereocenters. The van der Waals surface area contributed by atoms with E-state index in [0.717, 1.165) is 41.0 Å². The molecular weight excluding hydrogens is 478 g/mol. The SMILES string of the molecule is Cl.c1ccc(COc2ccc3ccccc3c2CNCCSc2nnnn2-c2ccccc2)cc1. The van der Waals surface area contributed by atoms with Crippen molar-refractivity contribution in [3.63, 3.8) is 0 Å². The lowest BCUT2D eigenvalue weighted by Crippen LogP contribution is -2.18. The first-order chi connectivity index (χ1) is 16.9. The standard InChI is InChI=1S/C27H25N5OS.ClH/c1-3-9-21(10-4-1)20-33-26-16-15-22-11-7-8-14-24(22)25(26)19-28-17-18-34-27-29-30-31-32(27)23-12-5-2-6-13-23;/h1-16,28H,17-20H2;1H. The molecule has 0 radical (unpaired) electrons. The third kappa shape index (κ3) is 6.19. The molecule has 4 aromatic carbocycles. The van der Waals surface area contributed by atoms with Gasteiger partial charge in [0, 0.05) is 24.4 Å². The van der Waals surface area contributed by atoms with E-state index in [4.69, 9.17) is 4.74 Å². The summed E-state index contributed by atoms with van der Waals surface area (Å²) in [6.45, 7) is 2.08. The van der Waals surface area contributed by atoms with E-state index < -0.39 is 0 Å². The molecule has 0 aliphatic heterocycles. The highest BCUT2D eigenvalue weighted by Gasteiger charge is 2.11. The average Bonchev–Trinajstić information content (AvgIpc) is 3.37. The molecular formula is C27H26ClN5OS. The number of hydrogen-bond donors (Lipinski definition) is 1. The Bertz CT molecular complexity index is 1350. The second-order valence-electron chi connectivity index (χ2n) is 7.77. The summed E-state index contributed by atoms with van der Waals surface area (Å²) < 4.78 is 8.01. The van der Waals surface area contributed by atoms with Crippen LogP contribution >= 0.6 is 24.2 Å². The number of nitrogens with zero attached hydrogens (tertiary/aromatic N) is 4. The van der Waals surface area contributed by atoms with Gasteiger partial charge in [0.05, 0.1) is 5.69 Å². The molecule has 0 aliphatic carbocycles. The zero-order valence-corrected chi connectivity index (χ0v) is 20.7. The van der Waals surface area contributed by atoms with Gasteiger partial charge in [-0.25, -0.2) is 0 Å². The lowest BCUT2D eigenvalue weighted by molar-refractivity contribution is 0.303. The molecule has 5 aromatic rings. The molecule has 1 heterocycles. The van der Waals surface area contributed by atoms with Crippen LogP contribution in [0.4, 0.5) is 0 Å². The van der Waals surface area contributed by atoms with Crippen LogP contribution in [-0.2, 0) is 13.2 Å². The quantitative estimate of drug-likeness (QED) is 0.195. The maximum absolute atomic E-state index is 6.24.